The number of hydrogen-bond acceptors (Lipinski definition) is 8. The van der Waals surface area contributed by atoms with Gasteiger partial charge < -0.3 is 19.3 Å². The summed E-state index contributed by atoms with van der Waals surface area (Å²) in [6, 6.07) is -0.986. The van der Waals surface area contributed by atoms with Crippen molar-refractivity contribution in [3.05, 3.63) is 0 Å². The fraction of sp³-hybridized carbons (Fsp3) is 0.778. The lowest BCUT2D eigenvalue weighted by atomic mass is 10.2. The molecule has 162 valence electrons. The Labute approximate surface area is 176 Å². The van der Waals surface area contributed by atoms with Crippen LogP contribution in [0.4, 0.5) is 0 Å². The van der Waals surface area contributed by atoms with Gasteiger partial charge in [0.05, 0.1) is 25.9 Å². The topological polar surface area (TPSA) is 83.8 Å². The van der Waals surface area contributed by atoms with Crippen LogP contribution in [0.25, 0.3) is 0 Å². The van der Waals surface area contributed by atoms with Gasteiger partial charge in [0.15, 0.2) is 0 Å². The molecule has 0 rings (SSSR count). The number of ether oxygens (including phenoxy) is 2. The van der Waals surface area contributed by atoms with Crippen molar-refractivity contribution in [1.82, 2.24) is 9.80 Å². The molecule has 2 atom stereocenters. The molecule has 2 unspecified atom stereocenters. The summed E-state index contributed by atoms with van der Waals surface area (Å²) in [6.07, 6.45) is 4.46. The van der Waals surface area contributed by atoms with Gasteiger partial charge in [-0.05, 0) is 26.7 Å². The third-order valence-electron chi connectivity index (χ3n) is 3.11. The summed E-state index contributed by atoms with van der Waals surface area (Å²) in [5, 5.41) is 0. The van der Waals surface area contributed by atoms with Gasteiger partial charge in [-0.1, -0.05) is 21.6 Å². The molecule has 0 fully saturated rings. The molecule has 0 heterocycles. The zero-order chi connectivity index (χ0) is 21.4. The van der Waals surface area contributed by atoms with Crippen molar-refractivity contribution in [2.24, 2.45) is 9.98 Å². The van der Waals surface area contributed by atoms with Crippen LogP contribution in [-0.4, -0.2) is 99.4 Å². The highest BCUT2D eigenvalue weighted by molar-refractivity contribution is 8.76. The van der Waals surface area contributed by atoms with Gasteiger partial charge in [-0.25, -0.2) is 9.59 Å². The molecule has 0 amide bonds. The first kappa shape index (κ1) is 26.6. The van der Waals surface area contributed by atoms with Crippen LogP contribution in [0.1, 0.15) is 26.7 Å². The van der Waals surface area contributed by atoms with Gasteiger partial charge in [-0.15, -0.1) is 0 Å². The van der Waals surface area contributed by atoms with Gasteiger partial charge in [0.25, 0.3) is 0 Å². The van der Waals surface area contributed by atoms with Crippen molar-refractivity contribution in [2.75, 3.05) is 52.9 Å². The van der Waals surface area contributed by atoms with Crippen LogP contribution < -0.4 is 0 Å². The Morgan fingerprint density at radius 1 is 0.821 bits per heavy atom. The first-order valence-electron chi connectivity index (χ1n) is 9.28. The molecule has 0 saturated heterocycles. The van der Waals surface area contributed by atoms with E-state index >= 15 is 0 Å². The van der Waals surface area contributed by atoms with Gasteiger partial charge >= 0.3 is 11.9 Å². The van der Waals surface area contributed by atoms with E-state index in [1.807, 2.05) is 28.2 Å². The van der Waals surface area contributed by atoms with Crippen LogP contribution in [-0.2, 0) is 19.1 Å². The van der Waals surface area contributed by atoms with Gasteiger partial charge in [-0.2, -0.15) is 0 Å². The Kier molecular flexibility index (Phi) is 15.7. The third-order valence-corrected chi connectivity index (χ3v) is 5.58. The molecular formula is C18H34N4O4S2. The fourth-order valence-electron chi connectivity index (χ4n) is 1.85. The molecule has 0 aromatic rings. The molecule has 28 heavy (non-hydrogen) atoms. The largest absolute Gasteiger partial charge is 0.464 e. The molecule has 8 nitrogen and oxygen atoms in total. The minimum Gasteiger partial charge on any atom is -0.464 e. The average molecular weight is 435 g/mol. The Hall–Kier alpha value is -1.42. The maximum absolute atomic E-state index is 12.0. The van der Waals surface area contributed by atoms with Crippen LogP contribution in [0.15, 0.2) is 9.98 Å². The standard InChI is InChI=1S/C18H34N4O4S2/c1-7-25-17(23)15(19-13-21(3)4)9-11-27-28-12-10-16(18(24)26-8-2)20-14-22(5)6/h13-16H,7-12H2,1-6H3. The number of nitrogens with zero attached hydrogens (tertiary/aromatic N) is 4. The smallest absolute Gasteiger partial charge is 0.330 e. The molecule has 0 saturated carbocycles. The highest BCUT2D eigenvalue weighted by atomic mass is 33.1. The fourth-order valence-corrected chi connectivity index (χ4v) is 4.01. The van der Waals surface area contributed by atoms with Crippen LogP contribution in [0, 0.1) is 0 Å². The number of rotatable bonds is 15. The van der Waals surface area contributed by atoms with Gasteiger partial charge in [0, 0.05) is 39.7 Å². The third kappa shape index (κ3) is 13.7. The van der Waals surface area contributed by atoms with Crippen molar-refractivity contribution >= 4 is 46.2 Å². The predicted octanol–water partition coefficient (Wildman–Crippen LogP) is 2.19. The zero-order valence-electron chi connectivity index (χ0n) is 17.8. The lowest BCUT2D eigenvalue weighted by molar-refractivity contribution is -0.145. The highest BCUT2D eigenvalue weighted by Gasteiger charge is 2.19. The van der Waals surface area contributed by atoms with E-state index in [2.05, 4.69) is 9.98 Å². The van der Waals surface area contributed by atoms with E-state index in [1.165, 1.54) is 0 Å². The number of esters is 2. The monoisotopic (exact) mass is 434 g/mol. The molecule has 0 spiro atoms. The highest BCUT2D eigenvalue weighted by Crippen LogP contribution is 2.25. The lowest BCUT2D eigenvalue weighted by Crippen LogP contribution is -2.24. The second-order valence-corrected chi connectivity index (χ2v) is 8.92. The van der Waals surface area contributed by atoms with E-state index < -0.39 is 12.1 Å². The minimum absolute atomic E-state index is 0.299. The van der Waals surface area contributed by atoms with E-state index in [0.717, 1.165) is 11.5 Å². The second-order valence-electron chi connectivity index (χ2n) is 6.21. The van der Waals surface area contributed by atoms with Crippen molar-refractivity contribution in [1.29, 1.82) is 0 Å². The number of hydrogen-bond donors (Lipinski definition) is 0. The summed E-state index contributed by atoms with van der Waals surface area (Å²) >= 11 is 0. The second kappa shape index (κ2) is 16.5. The quantitative estimate of drug-likeness (QED) is 0.128. The zero-order valence-corrected chi connectivity index (χ0v) is 19.4. The van der Waals surface area contributed by atoms with Gasteiger partial charge in [0.1, 0.15) is 12.1 Å². The molecule has 0 radical (unpaired) electrons. The Morgan fingerprint density at radius 2 is 1.18 bits per heavy atom. The molecule has 0 aromatic carbocycles. The molecule has 0 N–H and O–H groups in total. The molecular weight excluding hydrogens is 400 g/mol. The van der Waals surface area contributed by atoms with Crippen LogP contribution in [0.5, 0.6) is 0 Å². The van der Waals surface area contributed by atoms with Crippen LogP contribution in [0.2, 0.25) is 0 Å². The summed E-state index contributed by atoms with van der Waals surface area (Å²) in [4.78, 5) is 36.1. The number of aliphatic imine (C=N–C) groups is 2. The maximum atomic E-state index is 12.0. The summed E-state index contributed by atoms with van der Waals surface area (Å²) in [6.45, 7) is 4.26. The maximum Gasteiger partial charge on any atom is 0.330 e. The summed E-state index contributed by atoms with van der Waals surface area (Å²) in [5.74, 6) is 0.909. The van der Waals surface area contributed by atoms with Crippen LogP contribution in [0.3, 0.4) is 0 Å². The van der Waals surface area contributed by atoms with E-state index in [-0.39, 0.29) is 11.9 Å². The Morgan fingerprint density at radius 3 is 1.46 bits per heavy atom. The average Bonchev–Trinajstić information content (AvgIpc) is 2.62. The lowest BCUT2D eigenvalue weighted by Gasteiger charge is -2.13. The van der Waals surface area contributed by atoms with Crippen molar-refractivity contribution in [2.45, 2.75) is 38.8 Å². The molecule has 10 heteroatoms. The Balaban J connectivity index is 4.37. The summed E-state index contributed by atoms with van der Waals surface area (Å²) < 4.78 is 10.2. The van der Waals surface area contributed by atoms with Gasteiger partial charge in [0.2, 0.25) is 0 Å². The van der Waals surface area contributed by atoms with E-state index in [1.54, 1.807) is 57.9 Å². The molecule has 0 aromatic heterocycles. The predicted molar refractivity (Wildman–Crippen MR) is 119 cm³/mol. The van der Waals surface area contributed by atoms with Crippen molar-refractivity contribution in [3.63, 3.8) is 0 Å². The van der Waals surface area contributed by atoms with Crippen LogP contribution >= 0.6 is 21.6 Å². The number of carbonyl (C=O) groups is 2. The SMILES string of the molecule is CCOC(=O)C(CCSSCCC(N=CN(C)C)C(=O)OCC)N=CN(C)C. The van der Waals surface area contributed by atoms with E-state index in [9.17, 15) is 9.59 Å². The molecule has 0 aliphatic heterocycles. The minimum atomic E-state index is -0.493. The van der Waals surface area contributed by atoms with E-state index in [4.69, 9.17) is 9.47 Å². The van der Waals surface area contributed by atoms with Crippen molar-refractivity contribution < 1.29 is 19.1 Å². The molecule has 0 aliphatic rings. The molecule has 0 bridgehead atoms. The molecule has 0 aliphatic carbocycles. The summed E-state index contributed by atoms with van der Waals surface area (Å²) in [5.41, 5.74) is 0. The summed E-state index contributed by atoms with van der Waals surface area (Å²) in [7, 11) is 10.7. The normalized spacial score (nSPS) is 13.5. The Bertz CT molecular complexity index is 458. The first-order chi connectivity index (χ1) is 13.3. The number of carbonyl (C=O) groups excluding carboxylic acids is 2. The van der Waals surface area contributed by atoms with Crippen molar-refractivity contribution in [3.8, 4) is 0 Å². The van der Waals surface area contributed by atoms with E-state index in [0.29, 0.717) is 26.1 Å². The first-order valence-corrected chi connectivity index (χ1v) is 11.8. The van der Waals surface area contributed by atoms with Gasteiger partial charge in [-0.3, -0.25) is 9.98 Å².